The molecule has 1 aromatic heterocycles. The van der Waals surface area contributed by atoms with Crippen LogP contribution < -0.4 is 10.9 Å². The smallest absolute Gasteiger partial charge is 0.323 e. The van der Waals surface area contributed by atoms with Crippen LogP contribution in [0.4, 0.5) is 0 Å². The number of aryl methyl sites for hydroxylation is 1. The molecule has 0 fully saturated rings. The zero-order chi connectivity index (χ0) is 15.9. The molecule has 0 bridgehead atoms. The van der Waals surface area contributed by atoms with Crippen LogP contribution in [0.25, 0.3) is 0 Å². The minimum absolute atomic E-state index is 0.161. The Labute approximate surface area is 128 Å². The molecule has 0 aromatic carbocycles. The zero-order valence-electron chi connectivity index (χ0n) is 12.7. The molecule has 118 valence electrons. The maximum atomic E-state index is 11.5. The highest BCUT2D eigenvalue weighted by molar-refractivity contribution is 7.99. The Morgan fingerprint density at radius 1 is 1.52 bits per heavy atom. The van der Waals surface area contributed by atoms with E-state index in [0.29, 0.717) is 36.0 Å². The van der Waals surface area contributed by atoms with E-state index in [1.54, 1.807) is 6.92 Å². The molecule has 1 atom stereocenters. The molecule has 0 radical (unpaired) electrons. The highest BCUT2D eigenvalue weighted by Crippen LogP contribution is 2.21. The fraction of sp³-hybridized carbons (Fsp3) is 0.643. The van der Waals surface area contributed by atoms with Crippen molar-refractivity contribution >= 4 is 17.7 Å². The Hall–Kier alpha value is -1.34. The number of aromatic amines is 1. The van der Waals surface area contributed by atoms with Crippen LogP contribution in [0.3, 0.4) is 0 Å². The molecule has 6 nitrogen and oxygen atoms in total. The first-order chi connectivity index (χ1) is 9.93. The van der Waals surface area contributed by atoms with Crippen LogP contribution in [0.2, 0.25) is 0 Å². The van der Waals surface area contributed by atoms with Crippen molar-refractivity contribution in [1.82, 2.24) is 15.3 Å². The van der Waals surface area contributed by atoms with E-state index in [1.807, 2.05) is 13.8 Å². The molecule has 1 unspecified atom stereocenters. The molecule has 0 spiro atoms. The van der Waals surface area contributed by atoms with Crippen LogP contribution in [0.1, 0.15) is 38.8 Å². The van der Waals surface area contributed by atoms with E-state index in [-0.39, 0.29) is 5.56 Å². The Bertz CT molecular complexity index is 532. The van der Waals surface area contributed by atoms with Gasteiger partial charge in [-0.3, -0.25) is 9.59 Å². The second-order valence-corrected chi connectivity index (χ2v) is 6.00. The number of hydrogen-bond donors (Lipinski definition) is 3. The Balaban J connectivity index is 2.55. The number of hydrogen-bond acceptors (Lipinski definition) is 5. The molecule has 1 aromatic rings. The van der Waals surface area contributed by atoms with Gasteiger partial charge in [-0.05, 0) is 32.7 Å². The Kier molecular flexibility index (Phi) is 6.91. The van der Waals surface area contributed by atoms with Gasteiger partial charge in [-0.2, -0.15) is 0 Å². The van der Waals surface area contributed by atoms with Gasteiger partial charge in [0.15, 0.2) is 5.16 Å². The number of nitrogens with one attached hydrogen (secondary N) is 2. The van der Waals surface area contributed by atoms with Crippen LogP contribution in [0, 0.1) is 6.92 Å². The van der Waals surface area contributed by atoms with E-state index in [2.05, 4.69) is 15.3 Å². The lowest BCUT2D eigenvalue weighted by Gasteiger charge is -2.29. The summed E-state index contributed by atoms with van der Waals surface area (Å²) in [6.07, 6.45) is 1.82. The van der Waals surface area contributed by atoms with E-state index < -0.39 is 11.5 Å². The monoisotopic (exact) mass is 313 g/mol. The third-order valence-electron chi connectivity index (χ3n) is 3.36. The second-order valence-electron chi connectivity index (χ2n) is 4.92. The molecule has 0 aliphatic rings. The van der Waals surface area contributed by atoms with Crippen molar-refractivity contribution in [3.05, 3.63) is 22.1 Å². The van der Waals surface area contributed by atoms with Crippen molar-refractivity contribution in [3.63, 3.8) is 0 Å². The lowest BCUT2D eigenvalue weighted by atomic mass is 9.91. The van der Waals surface area contributed by atoms with E-state index in [4.69, 9.17) is 0 Å². The first-order valence-electron chi connectivity index (χ1n) is 7.12. The average Bonchev–Trinajstić information content (AvgIpc) is 2.41. The van der Waals surface area contributed by atoms with Crippen LogP contribution in [0.5, 0.6) is 0 Å². The van der Waals surface area contributed by atoms with E-state index in [1.165, 1.54) is 17.8 Å². The molecule has 0 aliphatic heterocycles. The SMILES string of the molecule is CCNC(CC)(CCCSc1nc(C)cc(=O)[nH]1)C(=O)O. The summed E-state index contributed by atoms with van der Waals surface area (Å²) in [5.74, 6) is -0.0914. The molecule has 0 saturated carbocycles. The molecule has 0 saturated heterocycles. The normalized spacial score (nSPS) is 13.9. The molecule has 1 rings (SSSR count). The van der Waals surface area contributed by atoms with Gasteiger partial charge in [0.2, 0.25) is 0 Å². The molecule has 21 heavy (non-hydrogen) atoms. The van der Waals surface area contributed by atoms with Crippen LogP contribution >= 0.6 is 11.8 Å². The van der Waals surface area contributed by atoms with Gasteiger partial charge >= 0.3 is 5.97 Å². The molecule has 0 amide bonds. The van der Waals surface area contributed by atoms with Gasteiger partial charge in [0, 0.05) is 17.5 Å². The van der Waals surface area contributed by atoms with Crippen LogP contribution in [-0.4, -0.2) is 38.9 Å². The number of nitrogens with zero attached hydrogens (tertiary/aromatic N) is 1. The number of likely N-dealkylation sites (N-methyl/N-ethyl adjacent to an activating group) is 1. The minimum atomic E-state index is -0.858. The van der Waals surface area contributed by atoms with E-state index in [9.17, 15) is 14.7 Å². The highest BCUT2D eigenvalue weighted by Gasteiger charge is 2.34. The van der Waals surface area contributed by atoms with E-state index >= 15 is 0 Å². The number of carboxylic acid groups (broad SMARTS) is 1. The number of carbonyl (C=O) groups is 1. The topological polar surface area (TPSA) is 95.1 Å². The number of thioether (sulfide) groups is 1. The summed E-state index contributed by atoms with van der Waals surface area (Å²) in [5, 5.41) is 13.1. The minimum Gasteiger partial charge on any atom is -0.480 e. The van der Waals surface area contributed by atoms with Gasteiger partial charge in [0.25, 0.3) is 5.56 Å². The lowest BCUT2D eigenvalue weighted by Crippen LogP contribution is -2.51. The fourth-order valence-corrected chi connectivity index (χ4v) is 3.09. The summed E-state index contributed by atoms with van der Waals surface area (Å²) in [6.45, 7) is 6.18. The van der Waals surface area contributed by atoms with Crippen molar-refractivity contribution in [1.29, 1.82) is 0 Å². The molecule has 7 heteroatoms. The summed E-state index contributed by atoms with van der Waals surface area (Å²) in [4.78, 5) is 29.7. The van der Waals surface area contributed by atoms with Gasteiger partial charge in [0.1, 0.15) is 5.54 Å². The van der Waals surface area contributed by atoms with Crippen molar-refractivity contribution < 1.29 is 9.90 Å². The fourth-order valence-electron chi connectivity index (χ4n) is 2.23. The van der Waals surface area contributed by atoms with Crippen molar-refractivity contribution in [2.24, 2.45) is 0 Å². The first kappa shape index (κ1) is 17.7. The average molecular weight is 313 g/mol. The summed E-state index contributed by atoms with van der Waals surface area (Å²) in [7, 11) is 0. The number of carboxylic acids is 1. The van der Waals surface area contributed by atoms with Crippen molar-refractivity contribution in [3.8, 4) is 0 Å². The number of aliphatic carboxylic acids is 1. The molecular weight excluding hydrogens is 290 g/mol. The van der Waals surface area contributed by atoms with Gasteiger partial charge in [0.05, 0.1) is 0 Å². The maximum absolute atomic E-state index is 11.5. The Morgan fingerprint density at radius 3 is 2.76 bits per heavy atom. The summed E-state index contributed by atoms with van der Waals surface area (Å²) < 4.78 is 0. The predicted octanol–water partition coefficient (Wildman–Crippen LogP) is 1.79. The lowest BCUT2D eigenvalue weighted by molar-refractivity contribution is -0.145. The number of rotatable bonds is 9. The molecular formula is C14H23N3O3S. The quantitative estimate of drug-likeness (QED) is 0.365. The summed E-state index contributed by atoms with van der Waals surface area (Å²) in [6, 6.07) is 1.45. The van der Waals surface area contributed by atoms with Gasteiger partial charge in [-0.1, -0.05) is 25.6 Å². The largest absolute Gasteiger partial charge is 0.480 e. The zero-order valence-corrected chi connectivity index (χ0v) is 13.5. The van der Waals surface area contributed by atoms with Gasteiger partial charge < -0.3 is 15.4 Å². The summed E-state index contributed by atoms with van der Waals surface area (Å²) in [5.41, 5.74) is -0.337. The van der Waals surface area contributed by atoms with Crippen molar-refractivity contribution in [2.75, 3.05) is 12.3 Å². The third-order valence-corrected chi connectivity index (χ3v) is 4.32. The molecule has 1 heterocycles. The van der Waals surface area contributed by atoms with Crippen LogP contribution in [-0.2, 0) is 4.79 Å². The third kappa shape index (κ3) is 5.17. The maximum Gasteiger partial charge on any atom is 0.323 e. The van der Waals surface area contributed by atoms with E-state index in [0.717, 1.165) is 6.42 Å². The Morgan fingerprint density at radius 2 is 2.24 bits per heavy atom. The summed E-state index contributed by atoms with van der Waals surface area (Å²) >= 11 is 1.44. The van der Waals surface area contributed by atoms with Crippen molar-refractivity contribution in [2.45, 2.75) is 50.7 Å². The van der Waals surface area contributed by atoms with Gasteiger partial charge in [-0.15, -0.1) is 0 Å². The highest BCUT2D eigenvalue weighted by atomic mass is 32.2. The standard InChI is InChI=1S/C14H23N3O3S/c1-4-14(12(19)20,15-5-2)7-6-8-21-13-16-10(3)9-11(18)17-13/h9,15H,4-8H2,1-3H3,(H,19,20)(H,16,17,18). The van der Waals surface area contributed by atoms with Crippen LogP contribution in [0.15, 0.2) is 16.0 Å². The van der Waals surface area contributed by atoms with Gasteiger partial charge in [-0.25, -0.2) is 4.98 Å². The first-order valence-corrected chi connectivity index (χ1v) is 8.11. The number of aromatic nitrogens is 2. The second kappa shape index (κ2) is 8.19. The predicted molar refractivity (Wildman–Crippen MR) is 83.9 cm³/mol. The molecule has 3 N–H and O–H groups in total. The number of H-pyrrole nitrogens is 1. The molecule has 0 aliphatic carbocycles.